The van der Waals surface area contributed by atoms with Crippen LogP contribution in [0.4, 0.5) is 0 Å². The highest BCUT2D eigenvalue weighted by atomic mass is 16.7. The van der Waals surface area contributed by atoms with Gasteiger partial charge in [-0.1, -0.05) is 103 Å². The van der Waals surface area contributed by atoms with Crippen LogP contribution in [0, 0.1) is 28.6 Å². The molecule has 8 N–H and O–H groups in total. The number of amides is 1. The number of hydrogen-bond acceptors (Lipinski definition) is 15. The van der Waals surface area contributed by atoms with E-state index in [4.69, 9.17) is 25.0 Å². The summed E-state index contributed by atoms with van der Waals surface area (Å²) in [4.78, 5) is 70.2. The second-order valence-corrected chi connectivity index (χ2v) is 22.1. The highest BCUT2D eigenvalue weighted by Gasteiger charge is 2.84. The minimum Gasteiger partial charge on any atom is -0.494 e. The molecule has 1 aliphatic rings. The number of aryl methyl sites for hydroxylation is 2. The normalized spacial score (nSPS) is 23.4. The molecule has 2 aromatic rings. The molecule has 17 heteroatoms. The molecular weight excluding hydrogens is 853 g/mol. The van der Waals surface area contributed by atoms with E-state index in [2.05, 4.69) is 5.32 Å². The summed E-state index contributed by atoms with van der Waals surface area (Å²) in [6.07, 6.45) is -6.15. The third-order valence-corrected chi connectivity index (χ3v) is 11.8. The Bertz CT molecular complexity index is 2090. The number of hydrogen-bond donors (Lipinski definition) is 7. The summed E-state index contributed by atoms with van der Waals surface area (Å²) in [5.41, 5.74) is -9.66. The molecule has 1 fully saturated rings. The number of ether oxygens (including phenoxy) is 3. The number of aromatic nitrogens is 2. The van der Waals surface area contributed by atoms with Crippen molar-refractivity contribution < 1.29 is 63.7 Å². The van der Waals surface area contributed by atoms with Crippen LogP contribution in [0.3, 0.4) is 0 Å². The van der Waals surface area contributed by atoms with Crippen LogP contribution < -0.4 is 20.5 Å². The highest BCUT2D eigenvalue weighted by molar-refractivity contribution is 6.10. The highest BCUT2D eigenvalue weighted by Crippen LogP contribution is 2.54. The lowest BCUT2D eigenvalue weighted by molar-refractivity contribution is -0.363. The molecule has 0 radical (unpaired) electrons. The Kier molecular flexibility index (Phi) is 17.6. The minimum atomic E-state index is -3.85. The lowest BCUT2D eigenvalue weighted by atomic mass is 9.52. The van der Waals surface area contributed by atoms with E-state index in [1.54, 1.807) is 10.7 Å². The molecular formula is C49H78N4O13. The monoisotopic (exact) mass is 931 g/mol. The molecule has 66 heavy (non-hydrogen) atoms. The van der Waals surface area contributed by atoms with Crippen LogP contribution in [0.2, 0.25) is 0 Å². The topological polar surface area (TPSA) is 270 Å². The lowest BCUT2D eigenvalue weighted by Crippen LogP contribution is -2.90. The molecule has 3 rings (SSSR count). The zero-order valence-corrected chi connectivity index (χ0v) is 41.9. The van der Waals surface area contributed by atoms with E-state index in [0.29, 0.717) is 43.1 Å². The summed E-state index contributed by atoms with van der Waals surface area (Å²) in [7, 11) is 0. The van der Waals surface area contributed by atoms with Crippen molar-refractivity contribution in [1.82, 2.24) is 15.1 Å². The minimum absolute atomic E-state index is 0.127. The van der Waals surface area contributed by atoms with E-state index < -0.39 is 80.1 Å². The molecule has 1 unspecified atom stereocenters. The van der Waals surface area contributed by atoms with Gasteiger partial charge in [-0.15, -0.1) is 5.10 Å². The number of primary amides is 1. The van der Waals surface area contributed by atoms with Gasteiger partial charge in [0.25, 0.3) is 0 Å². The second kappa shape index (κ2) is 20.6. The van der Waals surface area contributed by atoms with E-state index in [0.717, 1.165) is 11.1 Å². The Morgan fingerprint density at radius 3 is 1.89 bits per heavy atom. The summed E-state index contributed by atoms with van der Waals surface area (Å²) in [5.74, 6) is -5.18. The number of rotatable bonds is 21. The van der Waals surface area contributed by atoms with Crippen LogP contribution in [-0.4, -0.2) is 126 Å². The van der Waals surface area contributed by atoms with Crippen molar-refractivity contribution in [1.29, 1.82) is 0 Å². The largest absolute Gasteiger partial charge is 0.494 e. The van der Waals surface area contributed by atoms with Crippen molar-refractivity contribution in [3.05, 3.63) is 40.6 Å². The Labute approximate surface area is 390 Å². The van der Waals surface area contributed by atoms with Crippen molar-refractivity contribution in [2.75, 3.05) is 26.3 Å². The first-order valence-electron chi connectivity index (χ1n) is 22.8. The molecule has 372 valence electrons. The predicted molar refractivity (Wildman–Crippen MR) is 247 cm³/mol. The molecule has 2 heterocycles. The zero-order chi connectivity index (χ0) is 50.8. The first kappa shape index (κ1) is 56.2. The van der Waals surface area contributed by atoms with Gasteiger partial charge in [0.2, 0.25) is 29.3 Å². The first-order valence-corrected chi connectivity index (χ1v) is 22.8. The maximum atomic E-state index is 15.1. The number of nitrogens with zero attached hydrogens (tertiary/aromatic N) is 2. The second-order valence-electron chi connectivity index (χ2n) is 22.1. The average Bonchev–Trinajstić information content (AvgIpc) is 3.53. The predicted octanol–water partition coefficient (Wildman–Crippen LogP) is 3.64. The van der Waals surface area contributed by atoms with Gasteiger partial charge >= 0.3 is 0 Å². The Morgan fingerprint density at radius 2 is 1.41 bits per heavy atom. The van der Waals surface area contributed by atoms with Gasteiger partial charge in [0, 0.05) is 65.5 Å². The van der Waals surface area contributed by atoms with Crippen LogP contribution in [0.25, 0.3) is 0 Å². The van der Waals surface area contributed by atoms with Crippen molar-refractivity contribution in [2.24, 2.45) is 27.4 Å². The van der Waals surface area contributed by atoms with Gasteiger partial charge < -0.3 is 50.8 Å². The molecule has 0 spiro atoms. The lowest BCUT2D eigenvalue weighted by Gasteiger charge is -2.61. The van der Waals surface area contributed by atoms with E-state index in [-0.39, 0.29) is 50.1 Å². The number of Topliss-reactive ketones (excluding diaryl/α,β-unsaturated/α-hetero) is 4. The maximum absolute atomic E-state index is 15.1. The number of nitrogens with one attached hydrogen (secondary N) is 1. The van der Waals surface area contributed by atoms with Crippen molar-refractivity contribution >= 4 is 29.0 Å². The number of carbonyl (C=O) groups is 5. The number of benzene rings is 1. The number of aliphatic hydroxyl groups excluding tert-OH is 2. The summed E-state index contributed by atoms with van der Waals surface area (Å²) in [6, 6.07) is 5.51. The van der Waals surface area contributed by atoms with E-state index in [1.165, 1.54) is 83.1 Å². The molecule has 1 amide bonds. The maximum Gasteiger partial charge on any atom is 0.242 e. The quantitative estimate of drug-likeness (QED) is 0.0881. The summed E-state index contributed by atoms with van der Waals surface area (Å²) < 4.78 is 20.5. The van der Waals surface area contributed by atoms with Crippen molar-refractivity contribution in [2.45, 2.75) is 177 Å². The van der Waals surface area contributed by atoms with E-state index >= 15 is 9.59 Å². The molecule has 0 aliphatic carbocycles. The summed E-state index contributed by atoms with van der Waals surface area (Å²) in [5, 5.41) is 69.8. The SMILES string of the molecule is Cc1cc(OCCCNCCC(N)=O)ccc1Cc1c(O[C@@H]2O[C@H](C(O)C(=O)C(C)(C)C)[C@](O)(C(=O)C(C)(C)C)[C@@](O)(C(=O)C(C)(C)C)[C@]2(O)C(=O)C(C)(C)C)nn(CCCO)c1C(C)C. The van der Waals surface area contributed by atoms with E-state index in [9.17, 15) is 39.9 Å². The van der Waals surface area contributed by atoms with Gasteiger partial charge in [-0.05, 0) is 55.5 Å². The number of ketones is 4. The summed E-state index contributed by atoms with van der Waals surface area (Å²) in [6.45, 7) is 23.9. The molecule has 1 saturated heterocycles. The standard InChI is InChI=1S/C49H78N4O13/c1-28(2)34-32(27-30-18-19-31(26-29(30)3)64-25-16-21-51-22-20-33(50)55)38(52-53(34)23-17-24-54)66-42-48(62,40(59)45(10,11)12)49(63,41(60)46(13,14)15)47(61,39(58)44(7,8)9)37(65-42)35(56)36(57)43(4,5)6/h18-19,26,28,35,37,42,51,54,56,61-63H,16-17,20-25,27H2,1-15H3,(H2,50,55)/t35?,37-,42+,47+,48+,49+/m1/s1. The van der Waals surface area contributed by atoms with Crippen LogP contribution >= 0.6 is 0 Å². The van der Waals surface area contributed by atoms with Gasteiger partial charge in [-0.2, -0.15) is 0 Å². The fourth-order valence-corrected chi connectivity index (χ4v) is 8.35. The smallest absolute Gasteiger partial charge is 0.242 e. The van der Waals surface area contributed by atoms with Gasteiger partial charge in [0.05, 0.1) is 6.61 Å². The molecule has 1 aromatic heterocycles. The van der Waals surface area contributed by atoms with Crippen molar-refractivity contribution in [3.63, 3.8) is 0 Å². The molecule has 1 aromatic carbocycles. The van der Waals surface area contributed by atoms with Gasteiger partial charge in [0.15, 0.2) is 28.7 Å². The van der Waals surface area contributed by atoms with Crippen LogP contribution in [0.5, 0.6) is 11.6 Å². The molecule has 0 saturated carbocycles. The Hall–Kier alpha value is -4.10. The van der Waals surface area contributed by atoms with Crippen LogP contribution in [0.15, 0.2) is 18.2 Å². The third kappa shape index (κ3) is 11.4. The molecule has 0 bridgehead atoms. The fourth-order valence-electron chi connectivity index (χ4n) is 8.35. The van der Waals surface area contributed by atoms with Gasteiger partial charge in [-0.3, -0.25) is 28.7 Å². The van der Waals surface area contributed by atoms with Gasteiger partial charge in [-0.25, -0.2) is 0 Å². The first-order chi connectivity index (χ1) is 30.0. The Balaban J connectivity index is 2.41. The zero-order valence-electron chi connectivity index (χ0n) is 41.9. The number of nitrogens with two attached hydrogens (primary N) is 1. The fraction of sp³-hybridized carbons (Fsp3) is 0.714. The van der Waals surface area contributed by atoms with Gasteiger partial charge in [0.1, 0.15) is 18.0 Å². The number of carbonyl (C=O) groups excluding carboxylic acids is 5. The van der Waals surface area contributed by atoms with Crippen molar-refractivity contribution in [3.8, 4) is 11.6 Å². The summed E-state index contributed by atoms with van der Waals surface area (Å²) >= 11 is 0. The molecule has 6 atom stereocenters. The van der Waals surface area contributed by atoms with Crippen LogP contribution in [-0.2, 0) is 41.7 Å². The third-order valence-electron chi connectivity index (χ3n) is 11.8. The number of aliphatic hydroxyl groups is 5. The average molecular weight is 931 g/mol. The molecule has 1 aliphatic heterocycles. The van der Waals surface area contributed by atoms with E-state index in [1.807, 2.05) is 32.9 Å². The molecule has 17 nitrogen and oxygen atoms in total. The Morgan fingerprint density at radius 1 is 0.848 bits per heavy atom. The van der Waals surface area contributed by atoms with Crippen LogP contribution in [0.1, 0.15) is 144 Å².